The van der Waals surface area contributed by atoms with Crippen LogP contribution in [0.15, 0.2) is 18.5 Å². The molecule has 0 radical (unpaired) electrons. The molecule has 1 N–H and O–H groups in total. The number of aromatic nitrogens is 1. The molecule has 2 heteroatoms. The van der Waals surface area contributed by atoms with Gasteiger partial charge in [-0.1, -0.05) is 6.92 Å². The van der Waals surface area contributed by atoms with Gasteiger partial charge in [0, 0.05) is 18.4 Å². The van der Waals surface area contributed by atoms with E-state index in [2.05, 4.69) is 37.1 Å². The van der Waals surface area contributed by atoms with Gasteiger partial charge in [-0.05, 0) is 50.4 Å². The molecule has 2 atom stereocenters. The lowest BCUT2D eigenvalue weighted by molar-refractivity contribution is 0.481. The quantitative estimate of drug-likeness (QED) is 0.792. The monoisotopic (exact) mass is 192 g/mol. The number of hydrogen-bond donors (Lipinski definition) is 1. The van der Waals surface area contributed by atoms with Gasteiger partial charge in [0.05, 0.1) is 0 Å². The van der Waals surface area contributed by atoms with Crippen molar-refractivity contribution in [3.8, 4) is 0 Å². The number of hydrogen-bond acceptors (Lipinski definition) is 2. The number of pyridine rings is 1. The molecule has 0 aliphatic rings. The summed E-state index contributed by atoms with van der Waals surface area (Å²) in [4.78, 5) is 4.13. The Hall–Kier alpha value is -0.890. The molecule has 0 amide bonds. The normalized spacial score (nSPS) is 15.1. The third-order valence-corrected chi connectivity index (χ3v) is 2.96. The van der Waals surface area contributed by atoms with E-state index in [4.69, 9.17) is 0 Å². The summed E-state index contributed by atoms with van der Waals surface area (Å²) in [6, 6.07) is 2.65. The number of nitrogens with zero attached hydrogens (tertiary/aromatic N) is 1. The van der Waals surface area contributed by atoms with Crippen LogP contribution in [0.2, 0.25) is 0 Å². The molecule has 0 spiro atoms. The van der Waals surface area contributed by atoms with E-state index < -0.39 is 0 Å². The Bertz CT molecular complexity index is 283. The van der Waals surface area contributed by atoms with Crippen molar-refractivity contribution in [3.05, 3.63) is 29.6 Å². The highest BCUT2D eigenvalue weighted by Gasteiger charge is 2.17. The molecule has 2 nitrogen and oxygen atoms in total. The molecule has 0 fully saturated rings. The average molecular weight is 192 g/mol. The predicted molar refractivity (Wildman–Crippen MR) is 60.5 cm³/mol. The standard InChI is InChI=1S/C12H20N2/c1-5-11(10(3)13-4)12-6-7-14-8-9(12)2/h6-8,10-11,13H,5H2,1-4H3. The van der Waals surface area contributed by atoms with Crippen molar-refractivity contribution in [1.82, 2.24) is 10.3 Å². The Kier molecular flexibility index (Phi) is 4.08. The minimum Gasteiger partial charge on any atom is -0.317 e. The van der Waals surface area contributed by atoms with Crippen LogP contribution in [-0.4, -0.2) is 18.1 Å². The molecule has 0 saturated carbocycles. The van der Waals surface area contributed by atoms with E-state index in [1.54, 1.807) is 0 Å². The summed E-state index contributed by atoms with van der Waals surface area (Å²) < 4.78 is 0. The fraction of sp³-hybridized carbons (Fsp3) is 0.583. The highest BCUT2D eigenvalue weighted by Crippen LogP contribution is 2.25. The highest BCUT2D eigenvalue weighted by molar-refractivity contribution is 5.27. The van der Waals surface area contributed by atoms with E-state index in [9.17, 15) is 0 Å². The van der Waals surface area contributed by atoms with Gasteiger partial charge in [0.1, 0.15) is 0 Å². The van der Waals surface area contributed by atoms with E-state index >= 15 is 0 Å². The fourth-order valence-corrected chi connectivity index (χ4v) is 1.94. The molecule has 0 aliphatic heterocycles. The summed E-state index contributed by atoms with van der Waals surface area (Å²) >= 11 is 0. The number of rotatable bonds is 4. The van der Waals surface area contributed by atoms with Crippen molar-refractivity contribution in [2.45, 2.75) is 39.2 Å². The number of nitrogens with one attached hydrogen (secondary N) is 1. The zero-order valence-corrected chi connectivity index (χ0v) is 9.54. The molecular formula is C12H20N2. The van der Waals surface area contributed by atoms with Crippen molar-refractivity contribution in [3.63, 3.8) is 0 Å². The van der Waals surface area contributed by atoms with Crippen LogP contribution in [0.5, 0.6) is 0 Å². The van der Waals surface area contributed by atoms with Crippen LogP contribution in [-0.2, 0) is 0 Å². The fourth-order valence-electron chi connectivity index (χ4n) is 1.94. The first-order chi connectivity index (χ1) is 6.70. The first-order valence-corrected chi connectivity index (χ1v) is 5.28. The second kappa shape index (κ2) is 5.11. The molecule has 78 valence electrons. The molecule has 0 saturated heterocycles. The van der Waals surface area contributed by atoms with Crippen molar-refractivity contribution >= 4 is 0 Å². The van der Waals surface area contributed by atoms with Gasteiger partial charge in [-0.15, -0.1) is 0 Å². The van der Waals surface area contributed by atoms with Gasteiger partial charge in [-0.2, -0.15) is 0 Å². The molecule has 0 aliphatic carbocycles. The zero-order chi connectivity index (χ0) is 10.6. The van der Waals surface area contributed by atoms with Crippen molar-refractivity contribution < 1.29 is 0 Å². The van der Waals surface area contributed by atoms with E-state index in [0.29, 0.717) is 12.0 Å². The van der Waals surface area contributed by atoms with Crippen molar-refractivity contribution in [2.75, 3.05) is 7.05 Å². The van der Waals surface area contributed by atoms with Gasteiger partial charge in [0.15, 0.2) is 0 Å². The molecule has 0 aromatic carbocycles. The Labute approximate surface area is 86.8 Å². The zero-order valence-electron chi connectivity index (χ0n) is 9.54. The molecule has 1 heterocycles. The number of aryl methyl sites for hydroxylation is 1. The number of likely N-dealkylation sites (N-methyl/N-ethyl adjacent to an activating group) is 1. The Morgan fingerprint density at radius 3 is 2.71 bits per heavy atom. The summed E-state index contributed by atoms with van der Waals surface area (Å²) in [5, 5.41) is 3.32. The molecular weight excluding hydrogens is 172 g/mol. The summed E-state index contributed by atoms with van der Waals surface area (Å²) in [5.74, 6) is 0.586. The van der Waals surface area contributed by atoms with E-state index in [-0.39, 0.29) is 0 Å². The largest absolute Gasteiger partial charge is 0.317 e. The van der Waals surface area contributed by atoms with E-state index in [0.717, 1.165) is 6.42 Å². The van der Waals surface area contributed by atoms with Crippen LogP contribution >= 0.6 is 0 Å². The van der Waals surface area contributed by atoms with Crippen LogP contribution in [0.3, 0.4) is 0 Å². The van der Waals surface area contributed by atoms with Crippen LogP contribution in [0.1, 0.15) is 37.3 Å². The molecule has 1 rings (SSSR count). The summed E-state index contributed by atoms with van der Waals surface area (Å²) in [6.07, 6.45) is 4.99. The van der Waals surface area contributed by atoms with Gasteiger partial charge in [0.25, 0.3) is 0 Å². The van der Waals surface area contributed by atoms with Gasteiger partial charge >= 0.3 is 0 Å². The predicted octanol–water partition coefficient (Wildman–Crippen LogP) is 2.49. The Morgan fingerprint density at radius 2 is 2.21 bits per heavy atom. The molecule has 0 bridgehead atoms. The third-order valence-electron chi connectivity index (χ3n) is 2.96. The maximum absolute atomic E-state index is 4.13. The summed E-state index contributed by atoms with van der Waals surface area (Å²) in [5.41, 5.74) is 2.71. The lowest BCUT2D eigenvalue weighted by atomic mass is 9.88. The van der Waals surface area contributed by atoms with Gasteiger partial charge in [-0.25, -0.2) is 0 Å². The maximum atomic E-state index is 4.13. The van der Waals surface area contributed by atoms with Crippen LogP contribution < -0.4 is 5.32 Å². The second-order valence-electron chi connectivity index (χ2n) is 3.82. The van der Waals surface area contributed by atoms with Gasteiger partial charge < -0.3 is 5.32 Å². The Balaban J connectivity index is 2.94. The van der Waals surface area contributed by atoms with Crippen LogP contribution in [0.4, 0.5) is 0 Å². The van der Waals surface area contributed by atoms with Crippen molar-refractivity contribution in [1.29, 1.82) is 0 Å². The van der Waals surface area contributed by atoms with E-state index in [1.807, 2.05) is 19.4 Å². The van der Waals surface area contributed by atoms with E-state index in [1.165, 1.54) is 11.1 Å². The minimum atomic E-state index is 0.515. The second-order valence-corrected chi connectivity index (χ2v) is 3.82. The van der Waals surface area contributed by atoms with Crippen LogP contribution in [0.25, 0.3) is 0 Å². The lowest BCUT2D eigenvalue weighted by Crippen LogP contribution is -2.29. The molecule has 1 aromatic rings. The summed E-state index contributed by atoms with van der Waals surface area (Å²) in [7, 11) is 2.02. The first-order valence-electron chi connectivity index (χ1n) is 5.28. The molecule has 1 aromatic heterocycles. The maximum Gasteiger partial charge on any atom is 0.0299 e. The van der Waals surface area contributed by atoms with Gasteiger partial charge in [0.2, 0.25) is 0 Å². The Morgan fingerprint density at radius 1 is 1.50 bits per heavy atom. The highest BCUT2D eigenvalue weighted by atomic mass is 14.9. The lowest BCUT2D eigenvalue weighted by Gasteiger charge is -2.24. The first kappa shape index (κ1) is 11.2. The van der Waals surface area contributed by atoms with Crippen LogP contribution in [0, 0.1) is 6.92 Å². The van der Waals surface area contributed by atoms with Crippen molar-refractivity contribution in [2.24, 2.45) is 0 Å². The molecule has 14 heavy (non-hydrogen) atoms. The topological polar surface area (TPSA) is 24.9 Å². The SMILES string of the molecule is CCC(c1ccncc1C)C(C)NC. The summed E-state index contributed by atoms with van der Waals surface area (Å²) in [6.45, 7) is 6.60. The smallest absolute Gasteiger partial charge is 0.0299 e. The third kappa shape index (κ3) is 2.32. The van der Waals surface area contributed by atoms with Gasteiger partial charge in [-0.3, -0.25) is 4.98 Å². The average Bonchev–Trinajstić information content (AvgIpc) is 2.21. The molecule has 2 unspecified atom stereocenters. The minimum absolute atomic E-state index is 0.515.